The van der Waals surface area contributed by atoms with Crippen LogP contribution in [0.1, 0.15) is 57.5 Å². The lowest BCUT2D eigenvalue weighted by Crippen LogP contribution is -2.46. The van der Waals surface area contributed by atoms with Gasteiger partial charge in [-0.25, -0.2) is 14.8 Å². The van der Waals surface area contributed by atoms with Gasteiger partial charge < -0.3 is 4.74 Å². The third-order valence-corrected chi connectivity index (χ3v) is 10.1. The van der Waals surface area contributed by atoms with Crippen molar-refractivity contribution in [1.82, 2.24) is 14.4 Å². The number of fused-ring (bicyclic) bond motifs is 9. The van der Waals surface area contributed by atoms with E-state index in [2.05, 4.69) is 29.2 Å². The molecule has 0 bridgehead atoms. The number of para-hydroxylation sites is 4. The Morgan fingerprint density at radius 3 is 2.20 bits per heavy atom. The molecule has 10 aromatic rings. The average molecular weight is 656 g/mol. The number of ether oxygens (including phenoxy) is 1. The standard InChI is InChI=1S/C37H16N4O3.3C2H6/c42-36-21-13-16-15-44-27-14-22-30-20(35-39-24-6-2-4-8-26(24)41(35)37(22)43)12-10-18-17-9-11-19(29(21)31(17)28(16)33(27)32(18)30)34-38-23-5-1-3-7-25(23)40(34)36;3*1-2/h1-14H,15H2;3*1-2H3/p+1. The van der Waals surface area contributed by atoms with Gasteiger partial charge in [-0.2, -0.15) is 4.57 Å². The molecule has 2 aliphatic heterocycles. The number of carbonyl (C=O) groups excluding carboxylic acids is 1. The molecule has 5 heterocycles. The van der Waals surface area contributed by atoms with E-state index in [1.807, 2.05) is 102 Å². The normalized spacial score (nSPS) is 12.8. The Bertz CT molecular complexity index is 3100. The van der Waals surface area contributed by atoms with E-state index in [9.17, 15) is 9.59 Å². The Kier molecular flexibility index (Phi) is 6.43. The van der Waals surface area contributed by atoms with Crippen molar-refractivity contribution in [3.63, 3.8) is 0 Å². The lowest BCUT2D eigenvalue weighted by Gasteiger charge is -2.26. The molecule has 2 aliphatic rings. The van der Waals surface area contributed by atoms with Crippen LogP contribution in [0.3, 0.4) is 0 Å². The number of rotatable bonds is 0. The maximum absolute atomic E-state index is 14.2. The first-order valence-electron chi connectivity index (χ1n) is 17.7. The smallest absolute Gasteiger partial charge is 0.347 e. The topological polar surface area (TPSA) is 80.3 Å². The largest absolute Gasteiger partial charge is 0.488 e. The third kappa shape index (κ3) is 3.44. The van der Waals surface area contributed by atoms with Crippen molar-refractivity contribution in [2.75, 3.05) is 0 Å². The summed E-state index contributed by atoms with van der Waals surface area (Å²) in [6.45, 7) is 12.3. The summed E-state index contributed by atoms with van der Waals surface area (Å²) in [4.78, 5) is 36.9. The number of nitrogens with zero attached hydrogens (tertiary/aromatic N) is 3. The number of hydrogen-bond acceptors (Lipinski definition) is 4. The predicted molar refractivity (Wildman–Crippen MR) is 204 cm³/mol. The van der Waals surface area contributed by atoms with E-state index < -0.39 is 0 Å². The summed E-state index contributed by atoms with van der Waals surface area (Å²) >= 11 is 0. The fourth-order valence-corrected chi connectivity index (χ4v) is 8.38. The number of carbonyl (C=O) groups is 1. The SMILES string of the molecule is CC.CC.CC.O=C1c2cc3c4c5c(cc6c(=O)n7c8ccccc8nc7c7ccc(c8ccc(c2c84)-c2[nH]c4ccccc4[n+]21)c5c67)CO3. The lowest BCUT2D eigenvalue weighted by molar-refractivity contribution is -0.530. The highest BCUT2D eigenvalue weighted by Crippen LogP contribution is 2.52. The Balaban J connectivity index is 0.000000535. The average Bonchev–Trinajstić information content (AvgIpc) is 3.77. The number of aromatic nitrogens is 4. The minimum Gasteiger partial charge on any atom is -0.488 e. The van der Waals surface area contributed by atoms with E-state index in [1.165, 1.54) is 0 Å². The number of H-pyrrole nitrogens is 1. The molecule has 244 valence electrons. The van der Waals surface area contributed by atoms with E-state index >= 15 is 0 Å². The van der Waals surface area contributed by atoms with Crippen LogP contribution in [0, 0.1) is 0 Å². The number of aromatic amines is 1. The van der Waals surface area contributed by atoms with Gasteiger partial charge in [0.2, 0.25) is 0 Å². The molecule has 0 atom stereocenters. The Morgan fingerprint density at radius 1 is 0.680 bits per heavy atom. The molecule has 7 aromatic carbocycles. The van der Waals surface area contributed by atoms with E-state index in [-0.39, 0.29) is 11.5 Å². The van der Waals surface area contributed by atoms with Gasteiger partial charge in [-0.15, -0.1) is 0 Å². The van der Waals surface area contributed by atoms with Crippen molar-refractivity contribution >= 4 is 87.5 Å². The highest BCUT2D eigenvalue weighted by molar-refractivity contribution is 6.41. The summed E-state index contributed by atoms with van der Waals surface area (Å²) in [5.74, 6) is 1.42. The van der Waals surface area contributed by atoms with Crippen molar-refractivity contribution in [2.45, 2.75) is 48.1 Å². The predicted octanol–water partition coefficient (Wildman–Crippen LogP) is 9.90. The maximum Gasteiger partial charge on any atom is 0.347 e. The molecule has 0 saturated heterocycles. The molecule has 0 aliphatic carbocycles. The second kappa shape index (κ2) is 10.7. The highest BCUT2D eigenvalue weighted by Gasteiger charge is 2.38. The first kappa shape index (κ1) is 30.0. The summed E-state index contributed by atoms with van der Waals surface area (Å²) in [5.41, 5.74) is 6.58. The second-order valence-corrected chi connectivity index (χ2v) is 12.1. The molecule has 7 nitrogen and oxygen atoms in total. The summed E-state index contributed by atoms with van der Waals surface area (Å²) in [5, 5.41) is 9.78. The Hall–Kier alpha value is -6.08. The molecule has 7 heteroatoms. The van der Waals surface area contributed by atoms with E-state index in [4.69, 9.17) is 9.72 Å². The molecule has 0 spiro atoms. The molecule has 0 saturated carbocycles. The summed E-state index contributed by atoms with van der Waals surface area (Å²) < 4.78 is 9.99. The van der Waals surface area contributed by atoms with Crippen molar-refractivity contribution in [3.05, 3.63) is 106 Å². The second-order valence-electron chi connectivity index (χ2n) is 12.1. The molecule has 0 radical (unpaired) electrons. The van der Waals surface area contributed by atoms with Crippen molar-refractivity contribution in [3.8, 4) is 17.1 Å². The van der Waals surface area contributed by atoms with Crippen LogP contribution < -0.4 is 14.9 Å². The van der Waals surface area contributed by atoms with Gasteiger partial charge in [-0.3, -0.25) is 9.20 Å². The van der Waals surface area contributed by atoms with Crippen molar-refractivity contribution in [2.24, 2.45) is 0 Å². The van der Waals surface area contributed by atoms with Gasteiger partial charge in [0.1, 0.15) is 18.0 Å². The fraction of sp³-hybridized carbons (Fsp3) is 0.163. The van der Waals surface area contributed by atoms with Gasteiger partial charge in [0, 0.05) is 37.7 Å². The molecule has 0 fully saturated rings. The van der Waals surface area contributed by atoms with Gasteiger partial charge in [0.25, 0.3) is 11.4 Å². The van der Waals surface area contributed by atoms with Crippen LogP contribution in [-0.2, 0) is 6.61 Å². The third-order valence-electron chi connectivity index (χ3n) is 10.1. The van der Waals surface area contributed by atoms with E-state index in [0.717, 1.165) is 87.5 Å². The van der Waals surface area contributed by atoms with Gasteiger partial charge in [0.15, 0.2) is 11.0 Å². The Morgan fingerprint density at radius 2 is 1.38 bits per heavy atom. The number of benzene rings is 7. The van der Waals surface area contributed by atoms with Gasteiger partial charge in [-0.1, -0.05) is 77.9 Å². The first-order valence-corrected chi connectivity index (χ1v) is 17.7. The Labute approximate surface area is 287 Å². The fourth-order valence-electron chi connectivity index (χ4n) is 8.38. The maximum atomic E-state index is 14.2. The van der Waals surface area contributed by atoms with Crippen LogP contribution >= 0.6 is 0 Å². The molecule has 0 amide bonds. The van der Waals surface area contributed by atoms with Crippen LogP contribution in [0.5, 0.6) is 5.75 Å². The van der Waals surface area contributed by atoms with Gasteiger partial charge in [-0.05, 0) is 70.3 Å². The minimum absolute atomic E-state index is 0.0696. The molecular weight excluding hydrogens is 620 g/mol. The number of pyridine rings is 1. The van der Waals surface area contributed by atoms with Crippen LogP contribution in [-0.4, -0.2) is 20.3 Å². The highest BCUT2D eigenvalue weighted by atomic mass is 16.5. The van der Waals surface area contributed by atoms with Crippen LogP contribution in [0.4, 0.5) is 0 Å². The zero-order valence-corrected chi connectivity index (χ0v) is 28.9. The lowest BCUT2D eigenvalue weighted by atomic mass is 9.81. The molecule has 0 unspecified atom stereocenters. The molecule has 50 heavy (non-hydrogen) atoms. The van der Waals surface area contributed by atoms with Gasteiger partial charge in [0.05, 0.1) is 22.2 Å². The first-order chi connectivity index (χ1) is 24.7. The monoisotopic (exact) mass is 655 g/mol. The van der Waals surface area contributed by atoms with Gasteiger partial charge >= 0.3 is 5.91 Å². The quantitative estimate of drug-likeness (QED) is 0.100. The summed E-state index contributed by atoms with van der Waals surface area (Å²) in [6.07, 6.45) is 0. The molecule has 3 aromatic heterocycles. The molecule has 12 rings (SSSR count). The van der Waals surface area contributed by atoms with Crippen LogP contribution in [0.15, 0.2) is 89.7 Å². The van der Waals surface area contributed by atoms with Crippen LogP contribution in [0.25, 0.3) is 93.0 Å². The minimum atomic E-state index is -0.0723. The van der Waals surface area contributed by atoms with Crippen molar-refractivity contribution in [1.29, 1.82) is 0 Å². The number of hydrogen-bond donors (Lipinski definition) is 1. The summed E-state index contributed by atoms with van der Waals surface area (Å²) in [6, 6.07) is 28.2. The molecular formula is C43H35N4O3+. The van der Waals surface area contributed by atoms with E-state index in [1.54, 1.807) is 8.97 Å². The van der Waals surface area contributed by atoms with Crippen LogP contribution in [0.2, 0.25) is 0 Å². The molecule has 1 N–H and O–H groups in total. The zero-order valence-electron chi connectivity index (χ0n) is 28.9. The van der Waals surface area contributed by atoms with E-state index in [0.29, 0.717) is 29.0 Å². The number of imidazole rings is 2. The zero-order chi connectivity index (χ0) is 34.6. The van der Waals surface area contributed by atoms with Crippen molar-refractivity contribution < 1.29 is 14.1 Å². The summed E-state index contributed by atoms with van der Waals surface area (Å²) in [7, 11) is 0. The number of nitrogens with one attached hydrogen (secondary N) is 1.